The first-order valence-corrected chi connectivity index (χ1v) is 4.15. The molecule has 0 aromatic carbocycles. The zero-order chi connectivity index (χ0) is 8.55. The summed E-state index contributed by atoms with van der Waals surface area (Å²) in [5, 5.41) is 0. The minimum absolute atomic E-state index is 0.0694. The molecule has 0 N–H and O–H groups in total. The quantitative estimate of drug-likeness (QED) is 0.581. The summed E-state index contributed by atoms with van der Waals surface area (Å²) in [6, 6.07) is 0. The normalized spacial score (nSPS) is 46.5. The van der Waals surface area contributed by atoms with Crippen molar-refractivity contribution in [2.75, 3.05) is 27.4 Å². The number of fused-ring (bicyclic) bond motifs is 1. The molecule has 2 saturated heterocycles. The molecule has 70 valence electrons. The van der Waals surface area contributed by atoms with E-state index in [1.807, 2.05) is 0 Å². The van der Waals surface area contributed by atoms with Crippen molar-refractivity contribution in [1.82, 2.24) is 0 Å². The van der Waals surface area contributed by atoms with Crippen LogP contribution in [0, 0.1) is 0 Å². The summed E-state index contributed by atoms with van der Waals surface area (Å²) in [4.78, 5) is 0. The zero-order valence-corrected chi connectivity index (χ0v) is 7.36. The van der Waals surface area contributed by atoms with E-state index in [-0.39, 0.29) is 24.4 Å². The van der Waals surface area contributed by atoms with Gasteiger partial charge < -0.3 is 18.9 Å². The molecule has 0 aromatic rings. The highest BCUT2D eigenvalue weighted by molar-refractivity contribution is 4.95. The third-order valence-corrected chi connectivity index (χ3v) is 2.57. The lowest BCUT2D eigenvalue weighted by Crippen LogP contribution is -2.32. The van der Waals surface area contributed by atoms with E-state index in [0.29, 0.717) is 13.2 Å². The Morgan fingerprint density at radius 2 is 1.33 bits per heavy atom. The van der Waals surface area contributed by atoms with Crippen LogP contribution in [0.4, 0.5) is 0 Å². The van der Waals surface area contributed by atoms with Crippen molar-refractivity contribution in [3.05, 3.63) is 0 Å². The largest absolute Gasteiger partial charge is 0.376 e. The van der Waals surface area contributed by atoms with E-state index < -0.39 is 0 Å². The molecular formula is C8H14O4. The lowest BCUT2D eigenvalue weighted by Gasteiger charge is -2.14. The molecule has 0 radical (unpaired) electrons. The fourth-order valence-corrected chi connectivity index (χ4v) is 1.83. The van der Waals surface area contributed by atoms with Crippen LogP contribution >= 0.6 is 0 Å². The van der Waals surface area contributed by atoms with Crippen LogP contribution in [0.5, 0.6) is 0 Å². The second-order valence-corrected chi connectivity index (χ2v) is 3.14. The van der Waals surface area contributed by atoms with Crippen LogP contribution in [0.3, 0.4) is 0 Å². The Balaban J connectivity index is 2.01. The van der Waals surface area contributed by atoms with Crippen molar-refractivity contribution in [2.45, 2.75) is 24.4 Å². The van der Waals surface area contributed by atoms with Gasteiger partial charge in [0.2, 0.25) is 0 Å². The SMILES string of the molecule is COC1CO[C@H]2C(OC)CO[C@H]12. The molecule has 2 fully saturated rings. The molecular weight excluding hydrogens is 160 g/mol. The highest BCUT2D eigenvalue weighted by atomic mass is 16.6. The first kappa shape index (κ1) is 8.44. The van der Waals surface area contributed by atoms with Gasteiger partial charge in [-0.1, -0.05) is 0 Å². The van der Waals surface area contributed by atoms with Crippen molar-refractivity contribution in [2.24, 2.45) is 0 Å². The summed E-state index contributed by atoms with van der Waals surface area (Å²) < 4.78 is 21.4. The van der Waals surface area contributed by atoms with Crippen LogP contribution in [-0.2, 0) is 18.9 Å². The third-order valence-electron chi connectivity index (χ3n) is 2.57. The summed E-state index contributed by atoms with van der Waals surface area (Å²) in [6.07, 6.45) is 0.296. The summed E-state index contributed by atoms with van der Waals surface area (Å²) in [7, 11) is 3.36. The summed E-state index contributed by atoms with van der Waals surface area (Å²) >= 11 is 0. The molecule has 4 nitrogen and oxygen atoms in total. The lowest BCUT2D eigenvalue weighted by molar-refractivity contribution is -0.0267. The van der Waals surface area contributed by atoms with Crippen molar-refractivity contribution < 1.29 is 18.9 Å². The number of hydrogen-bond donors (Lipinski definition) is 0. The van der Waals surface area contributed by atoms with Gasteiger partial charge in [-0.2, -0.15) is 0 Å². The van der Waals surface area contributed by atoms with Gasteiger partial charge in [-0.25, -0.2) is 0 Å². The van der Waals surface area contributed by atoms with E-state index in [0.717, 1.165) is 0 Å². The van der Waals surface area contributed by atoms with Gasteiger partial charge >= 0.3 is 0 Å². The van der Waals surface area contributed by atoms with Crippen molar-refractivity contribution in [3.63, 3.8) is 0 Å². The van der Waals surface area contributed by atoms with Crippen LogP contribution in [-0.4, -0.2) is 51.8 Å². The van der Waals surface area contributed by atoms with Crippen LogP contribution in [0.2, 0.25) is 0 Å². The molecule has 12 heavy (non-hydrogen) atoms. The molecule has 0 spiro atoms. The van der Waals surface area contributed by atoms with Gasteiger partial charge in [-0.15, -0.1) is 0 Å². The summed E-state index contributed by atoms with van der Waals surface area (Å²) in [5.41, 5.74) is 0. The van der Waals surface area contributed by atoms with Crippen LogP contribution in [0.15, 0.2) is 0 Å². The Bertz CT molecular complexity index is 143. The smallest absolute Gasteiger partial charge is 0.115 e. The van der Waals surface area contributed by atoms with E-state index in [2.05, 4.69) is 0 Å². The second-order valence-electron chi connectivity index (χ2n) is 3.14. The lowest BCUT2D eigenvalue weighted by atomic mass is 10.1. The van der Waals surface area contributed by atoms with Gasteiger partial charge in [0.05, 0.1) is 13.2 Å². The topological polar surface area (TPSA) is 36.9 Å². The highest BCUT2D eigenvalue weighted by Crippen LogP contribution is 2.29. The molecule has 2 heterocycles. The average Bonchev–Trinajstić information content (AvgIpc) is 2.62. The minimum atomic E-state index is 0.0694. The number of rotatable bonds is 2. The van der Waals surface area contributed by atoms with Crippen molar-refractivity contribution in [3.8, 4) is 0 Å². The van der Waals surface area contributed by atoms with Crippen molar-refractivity contribution >= 4 is 0 Å². The van der Waals surface area contributed by atoms with E-state index in [4.69, 9.17) is 18.9 Å². The molecule has 2 aliphatic rings. The monoisotopic (exact) mass is 174 g/mol. The Hall–Kier alpha value is -0.160. The molecule has 4 heteroatoms. The average molecular weight is 174 g/mol. The van der Waals surface area contributed by atoms with Gasteiger partial charge in [0.1, 0.15) is 24.4 Å². The third kappa shape index (κ3) is 1.15. The first-order chi connectivity index (χ1) is 5.86. The maximum absolute atomic E-state index is 5.51. The Kier molecular flexibility index (Phi) is 2.32. The summed E-state index contributed by atoms with van der Waals surface area (Å²) in [6.45, 7) is 1.23. The maximum atomic E-state index is 5.51. The maximum Gasteiger partial charge on any atom is 0.115 e. The van der Waals surface area contributed by atoms with Crippen LogP contribution < -0.4 is 0 Å². The predicted octanol–water partition coefficient (Wildman–Crippen LogP) is -0.186. The molecule has 2 aliphatic heterocycles. The number of hydrogen-bond acceptors (Lipinski definition) is 4. The van der Waals surface area contributed by atoms with Gasteiger partial charge in [-0.3, -0.25) is 0 Å². The molecule has 2 rings (SSSR count). The fourth-order valence-electron chi connectivity index (χ4n) is 1.83. The first-order valence-electron chi connectivity index (χ1n) is 4.15. The zero-order valence-electron chi connectivity index (χ0n) is 7.36. The van der Waals surface area contributed by atoms with Crippen molar-refractivity contribution in [1.29, 1.82) is 0 Å². The molecule has 0 aliphatic carbocycles. The minimum Gasteiger partial charge on any atom is -0.376 e. The number of methoxy groups -OCH3 is 2. The Morgan fingerprint density at radius 1 is 0.917 bits per heavy atom. The van der Waals surface area contributed by atoms with Gasteiger partial charge in [0.15, 0.2) is 0 Å². The van der Waals surface area contributed by atoms with Gasteiger partial charge in [0, 0.05) is 14.2 Å². The van der Waals surface area contributed by atoms with Crippen LogP contribution in [0.1, 0.15) is 0 Å². The standard InChI is InChI=1S/C8H14O4/c1-9-5-3-11-8-6(10-2)4-12-7(5)8/h5-8H,3-4H2,1-2H3/t5?,6?,7-,8+. The van der Waals surface area contributed by atoms with Gasteiger partial charge in [-0.05, 0) is 0 Å². The van der Waals surface area contributed by atoms with Gasteiger partial charge in [0.25, 0.3) is 0 Å². The molecule has 2 unspecified atom stereocenters. The molecule has 4 atom stereocenters. The Labute approximate surface area is 71.7 Å². The second kappa shape index (κ2) is 3.30. The fraction of sp³-hybridized carbons (Fsp3) is 1.00. The number of ether oxygens (including phenoxy) is 4. The summed E-state index contributed by atoms with van der Waals surface area (Å²) in [5.74, 6) is 0. The van der Waals surface area contributed by atoms with Crippen LogP contribution in [0.25, 0.3) is 0 Å². The molecule has 0 bridgehead atoms. The molecule has 0 saturated carbocycles. The van der Waals surface area contributed by atoms with E-state index >= 15 is 0 Å². The molecule has 0 aromatic heterocycles. The highest BCUT2D eigenvalue weighted by Gasteiger charge is 2.48. The Morgan fingerprint density at radius 3 is 1.67 bits per heavy atom. The molecule has 0 amide bonds. The van der Waals surface area contributed by atoms with E-state index in [1.165, 1.54) is 0 Å². The van der Waals surface area contributed by atoms with E-state index in [1.54, 1.807) is 14.2 Å². The predicted molar refractivity (Wildman–Crippen MR) is 41.1 cm³/mol. The van der Waals surface area contributed by atoms with E-state index in [9.17, 15) is 0 Å².